The van der Waals surface area contributed by atoms with E-state index in [1.165, 1.54) is 11.3 Å². The van der Waals surface area contributed by atoms with Gasteiger partial charge in [0.1, 0.15) is 4.34 Å². The summed E-state index contributed by atoms with van der Waals surface area (Å²) in [6.07, 6.45) is 4.66. The van der Waals surface area contributed by atoms with E-state index >= 15 is 0 Å². The third-order valence-electron chi connectivity index (χ3n) is 1.36. The van der Waals surface area contributed by atoms with Crippen LogP contribution >= 0.6 is 23.1 Å². The molecule has 3 nitrogen and oxygen atoms in total. The molecule has 0 bridgehead atoms. The molecule has 13 heavy (non-hydrogen) atoms. The molecule has 1 aromatic heterocycles. The normalized spacial score (nSPS) is 10.9. The van der Waals surface area contributed by atoms with Crippen molar-refractivity contribution in [2.75, 3.05) is 6.26 Å². The number of hydrogen-bond donors (Lipinski definition) is 1. The average Bonchev–Trinajstić information content (AvgIpc) is 2.43. The van der Waals surface area contributed by atoms with E-state index in [9.17, 15) is 4.79 Å². The number of carbonyl (C=O) groups is 1. The summed E-state index contributed by atoms with van der Waals surface area (Å²) in [7, 11) is 0. The largest absolute Gasteiger partial charge is 0.478 e. The molecule has 0 saturated heterocycles. The highest BCUT2D eigenvalue weighted by atomic mass is 32.2. The highest BCUT2D eigenvalue weighted by Gasteiger charge is 2.03. The number of carboxylic acid groups (broad SMARTS) is 1. The van der Waals surface area contributed by atoms with E-state index in [2.05, 4.69) is 4.98 Å². The van der Waals surface area contributed by atoms with E-state index in [4.69, 9.17) is 5.11 Å². The van der Waals surface area contributed by atoms with Gasteiger partial charge >= 0.3 is 5.97 Å². The summed E-state index contributed by atoms with van der Waals surface area (Å²) in [5.74, 6) is -0.932. The molecule has 0 atom stereocenters. The molecule has 0 unspecified atom stereocenters. The Hall–Kier alpha value is -0.810. The topological polar surface area (TPSA) is 50.2 Å². The molecular weight excluding hydrogens is 206 g/mol. The molecule has 1 aromatic rings. The summed E-state index contributed by atoms with van der Waals surface area (Å²) in [5.41, 5.74) is 0.881. The van der Waals surface area contributed by atoms with E-state index in [-0.39, 0.29) is 0 Å². The van der Waals surface area contributed by atoms with Crippen molar-refractivity contribution in [3.05, 3.63) is 16.6 Å². The molecule has 0 amide bonds. The van der Waals surface area contributed by atoms with Gasteiger partial charge in [0.15, 0.2) is 0 Å². The summed E-state index contributed by atoms with van der Waals surface area (Å²) in [6.45, 7) is 1.87. The van der Waals surface area contributed by atoms with Crippen molar-refractivity contribution in [3.8, 4) is 0 Å². The molecule has 0 aliphatic heterocycles. The van der Waals surface area contributed by atoms with Crippen LogP contribution in [0.3, 0.4) is 0 Å². The van der Waals surface area contributed by atoms with Crippen LogP contribution in [0.2, 0.25) is 0 Å². The molecule has 1 N–H and O–H groups in total. The van der Waals surface area contributed by atoms with Crippen LogP contribution in [0.4, 0.5) is 0 Å². The maximum atomic E-state index is 10.3. The molecule has 0 aliphatic carbocycles. The number of thiazole rings is 1. The summed E-state index contributed by atoms with van der Waals surface area (Å²) in [4.78, 5) is 15.4. The van der Waals surface area contributed by atoms with Crippen molar-refractivity contribution in [2.45, 2.75) is 11.3 Å². The minimum Gasteiger partial charge on any atom is -0.478 e. The lowest BCUT2D eigenvalue weighted by atomic mass is 10.3. The van der Waals surface area contributed by atoms with Crippen LogP contribution in [-0.4, -0.2) is 22.3 Å². The molecule has 0 aromatic carbocycles. The van der Waals surface area contributed by atoms with Crippen LogP contribution in [-0.2, 0) is 4.79 Å². The minimum atomic E-state index is -0.932. The second kappa shape index (κ2) is 4.43. The number of thioether (sulfide) groups is 1. The Balaban J connectivity index is 2.88. The van der Waals surface area contributed by atoms with Crippen molar-refractivity contribution in [1.29, 1.82) is 0 Å². The molecule has 1 rings (SSSR count). The fourth-order valence-electron chi connectivity index (χ4n) is 0.772. The quantitative estimate of drug-likeness (QED) is 0.620. The van der Waals surface area contributed by atoms with Gasteiger partial charge in [0.25, 0.3) is 0 Å². The van der Waals surface area contributed by atoms with Gasteiger partial charge in [0.05, 0.1) is 10.6 Å². The zero-order chi connectivity index (χ0) is 9.84. The third-order valence-corrected chi connectivity index (χ3v) is 3.47. The average molecular weight is 215 g/mol. The fraction of sp³-hybridized carbons (Fsp3) is 0.250. The Morgan fingerprint density at radius 3 is 2.85 bits per heavy atom. The lowest BCUT2D eigenvalue weighted by molar-refractivity contribution is -0.131. The van der Waals surface area contributed by atoms with Crippen LogP contribution in [0.1, 0.15) is 10.6 Å². The Morgan fingerprint density at radius 2 is 2.38 bits per heavy atom. The molecule has 0 radical (unpaired) electrons. The van der Waals surface area contributed by atoms with E-state index in [0.717, 1.165) is 21.0 Å². The van der Waals surface area contributed by atoms with Crippen LogP contribution in [0.5, 0.6) is 0 Å². The van der Waals surface area contributed by atoms with Crippen molar-refractivity contribution < 1.29 is 9.90 Å². The number of rotatable bonds is 3. The number of nitrogens with zero attached hydrogens (tertiary/aromatic N) is 1. The molecular formula is C8H9NO2S2. The third kappa shape index (κ3) is 2.86. The van der Waals surface area contributed by atoms with E-state index in [1.54, 1.807) is 17.8 Å². The zero-order valence-electron chi connectivity index (χ0n) is 7.27. The predicted molar refractivity (Wildman–Crippen MR) is 55.3 cm³/mol. The van der Waals surface area contributed by atoms with Gasteiger partial charge in [-0.3, -0.25) is 0 Å². The SMILES string of the molecule is CSc1nc(C)c(/C=C/C(=O)O)s1. The minimum absolute atomic E-state index is 0.881. The van der Waals surface area contributed by atoms with Crippen LogP contribution in [0, 0.1) is 6.92 Å². The first-order chi connectivity index (χ1) is 6.13. The van der Waals surface area contributed by atoms with Crippen LogP contribution < -0.4 is 0 Å². The Morgan fingerprint density at radius 1 is 1.69 bits per heavy atom. The molecule has 5 heteroatoms. The van der Waals surface area contributed by atoms with Gasteiger partial charge in [0, 0.05) is 6.08 Å². The first-order valence-corrected chi connectivity index (χ1v) is 5.60. The summed E-state index contributed by atoms with van der Waals surface area (Å²) < 4.78 is 0.961. The Kier molecular flexibility index (Phi) is 3.50. The standard InChI is InChI=1S/C8H9NO2S2/c1-5-6(3-4-7(10)11)13-8(9-5)12-2/h3-4H,1-2H3,(H,10,11)/b4-3+. The highest BCUT2D eigenvalue weighted by molar-refractivity contribution is 8.00. The summed E-state index contributed by atoms with van der Waals surface area (Å²) in [5, 5.41) is 8.42. The predicted octanol–water partition coefficient (Wildman–Crippen LogP) is 2.27. The lowest BCUT2D eigenvalue weighted by Gasteiger charge is -1.84. The number of aryl methyl sites for hydroxylation is 1. The maximum Gasteiger partial charge on any atom is 0.328 e. The summed E-state index contributed by atoms with van der Waals surface area (Å²) >= 11 is 3.07. The van der Waals surface area contributed by atoms with E-state index < -0.39 is 5.97 Å². The zero-order valence-corrected chi connectivity index (χ0v) is 8.91. The van der Waals surface area contributed by atoms with Gasteiger partial charge < -0.3 is 5.11 Å². The number of carboxylic acids is 1. The van der Waals surface area contributed by atoms with Crippen molar-refractivity contribution in [1.82, 2.24) is 4.98 Å². The molecule has 0 fully saturated rings. The first kappa shape index (κ1) is 10.3. The van der Waals surface area contributed by atoms with Gasteiger partial charge in [-0.2, -0.15) is 0 Å². The lowest BCUT2D eigenvalue weighted by Crippen LogP contribution is -1.85. The van der Waals surface area contributed by atoms with Gasteiger partial charge in [0.2, 0.25) is 0 Å². The van der Waals surface area contributed by atoms with Crippen LogP contribution in [0.25, 0.3) is 6.08 Å². The van der Waals surface area contributed by atoms with Crippen molar-refractivity contribution in [2.24, 2.45) is 0 Å². The Bertz CT molecular complexity index is 344. The maximum absolute atomic E-state index is 10.3. The van der Waals surface area contributed by atoms with E-state index in [0.29, 0.717) is 0 Å². The van der Waals surface area contributed by atoms with Crippen LogP contribution in [0.15, 0.2) is 10.4 Å². The number of aliphatic carboxylic acids is 1. The Labute approximate surface area is 84.5 Å². The fourth-order valence-corrected chi connectivity index (χ4v) is 2.30. The van der Waals surface area contributed by atoms with E-state index in [1.807, 2.05) is 13.2 Å². The smallest absolute Gasteiger partial charge is 0.328 e. The first-order valence-electron chi connectivity index (χ1n) is 3.56. The van der Waals surface area contributed by atoms with Gasteiger partial charge in [-0.25, -0.2) is 9.78 Å². The number of hydrogen-bond acceptors (Lipinski definition) is 4. The van der Waals surface area contributed by atoms with Crippen molar-refractivity contribution >= 4 is 35.1 Å². The highest BCUT2D eigenvalue weighted by Crippen LogP contribution is 2.26. The molecule has 0 spiro atoms. The molecule has 0 aliphatic rings. The van der Waals surface area contributed by atoms with Gasteiger partial charge in [-0.05, 0) is 19.3 Å². The summed E-state index contributed by atoms with van der Waals surface area (Å²) in [6, 6.07) is 0. The molecule has 1 heterocycles. The number of aromatic nitrogens is 1. The second-order valence-corrected chi connectivity index (χ2v) is 4.39. The van der Waals surface area contributed by atoms with Gasteiger partial charge in [-0.1, -0.05) is 11.8 Å². The second-order valence-electron chi connectivity index (χ2n) is 2.31. The van der Waals surface area contributed by atoms with Crippen molar-refractivity contribution in [3.63, 3.8) is 0 Å². The van der Waals surface area contributed by atoms with Gasteiger partial charge in [-0.15, -0.1) is 11.3 Å². The molecule has 0 saturated carbocycles. The monoisotopic (exact) mass is 215 g/mol. The molecule has 70 valence electrons.